The van der Waals surface area contributed by atoms with E-state index in [1.54, 1.807) is 42.6 Å². The Kier molecular flexibility index (Phi) is 9.15. The molecule has 2 N–H and O–H groups in total. The highest BCUT2D eigenvalue weighted by Crippen LogP contribution is 2.36. The molecule has 2 heterocycles. The number of nitriles is 1. The number of nitrogens with zero attached hydrogens (tertiary/aromatic N) is 7. The molecule has 12 nitrogen and oxygen atoms in total. The van der Waals surface area contributed by atoms with Gasteiger partial charge in [0.25, 0.3) is 10.1 Å². The first kappa shape index (κ1) is 29.4. The zero-order valence-corrected chi connectivity index (χ0v) is 23.4. The summed E-state index contributed by atoms with van der Waals surface area (Å²) in [5, 5.41) is 26.2. The first-order valence-electron chi connectivity index (χ1n) is 12.3. The lowest BCUT2D eigenvalue weighted by atomic mass is 9.90. The first-order valence-corrected chi connectivity index (χ1v) is 13.9. The van der Waals surface area contributed by atoms with Gasteiger partial charge in [0, 0.05) is 37.3 Å². The Morgan fingerprint density at radius 1 is 1.23 bits per heavy atom. The molecule has 0 atom stereocenters. The largest absolute Gasteiger partial charge is 0.372 e. The number of carbonyl (C=O) groups excluding carboxylic acids is 1. The normalized spacial score (nSPS) is 11.9. The molecule has 39 heavy (non-hydrogen) atoms. The van der Waals surface area contributed by atoms with E-state index >= 15 is 0 Å². The topological polar surface area (TPSA) is 166 Å². The van der Waals surface area contributed by atoms with Crippen molar-refractivity contribution >= 4 is 38.9 Å². The maximum atomic E-state index is 12.0. The van der Waals surface area contributed by atoms with Gasteiger partial charge in [0.1, 0.15) is 17.3 Å². The number of rotatable bonds is 10. The van der Waals surface area contributed by atoms with Crippen LogP contribution in [0.15, 0.2) is 52.8 Å². The van der Waals surface area contributed by atoms with Crippen molar-refractivity contribution in [2.45, 2.75) is 46.5 Å². The number of aromatic nitrogens is 3. The fourth-order valence-electron chi connectivity index (χ4n) is 3.87. The molecule has 0 aliphatic rings. The molecule has 0 aliphatic heterocycles. The minimum atomic E-state index is -4.06. The molecule has 2 aromatic heterocycles. The van der Waals surface area contributed by atoms with E-state index in [0.717, 1.165) is 5.69 Å². The summed E-state index contributed by atoms with van der Waals surface area (Å²) in [5.41, 5.74) is 1.82. The van der Waals surface area contributed by atoms with Gasteiger partial charge in [-0.15, -0.1) is 10.2 Å². The molecule has 0 bridgehead atoms. The number of nitrogens with one attached hydrogen (secondary N) is 1. The lowest BCUT2D eigenvalue weighted by molar-refractivity contribution is -0.114. The van der Waals surface area contributed by atoms with Crippen LogP contribution in [0.2, 0.25) is 0 Å². The Morgan fingerprint density at radius 3 is 2.54 bits per heavy atom. The summed E-state index contributed by atoms with van der Waals surface area (Å²) in [4.78, 5) is 18.2. The molecule has 0 spiro atoms. The number of hydrogen-bond acceptors (Lipinski definition) is 9. The number of benzene rings is 1. The van der Waals surface area contributed by atoms with Crippen LogP contribution in [-0.2, 0) is 20.3 Å². The summed E-state index contributed by atoms with van der Waals surface area (Å²) in [7, 11) is -4.06. The Bertz CT molecular complexity index is 1500. The van der Waals surface area contributed by atoms with Crippen LogP contribution in [0, 0.1) is 11.3 Å². The monoisotopic (exact) mass is 552 g/mol. The van der Waals surface area contributed by atoms with Crippen LogP contribution in [0.5, 0.6) is 0 Å². The average molecular weight is 553 g/mol. The maximum Gasteiger partial charge on any atom is 0.264 e. The van der Waals surface area contributed by atoms with Crippen molar-refractivity contribution in [1.82, 2.24) is 14.8 Å². The molecule has 0 aliphatic carbocycles. The van der Waals surface area contributed by atoms with E-state index in [2.05, 4.69) is 31.7 Å². The van der Waals surface area contributed by atoms with Crippen LogP contribution < -0.4 is 10.2 Å². The van der Waals surface area contributed by atoms with Crippen LogP contribution in [0.4, 0.5) is 22.9 Å². The molecule has 0 saturated heterocycles. The second-order valence-corrected chi connectivity index (χ2v) is 11.4. The number of azo groups is 1. The number of pyridine rings is 1. The molecule has 1 amide bonds. The second kappa shape index (κ2) is 12.1. The van der Waals surface area contributed by atoms with Crippen molar-refractivity contribution in [2.75, 3.05) is 29.1 Å². The third-order valence-electron chi connectivity index (χ3n) is 5.67. The van der Waals surface area contributed by atoms with Crippen molar-refractivity contribution in [2.24, 2.45) is 10.2 Å². The van der Waals surface area contributed by atoms with Crippen molar-refractivity contribution < 1.29 is 17.8 Å². The van der Waals surface area contributed by atoms with Crippen LogP contribution in [0.3, 0.4) is 0 Å². The van der Waals surface area contributed by atoms with E-state index in [4.69, 9.17) is 4.55 Å². The molecule has 0 fully saturated rings. The quantitative estimate of drug-likeness (QED) is 0.264. The minimum absolute atomic E-state index is 0.208. The molecule has 0 radical (unpaired) electrons. The minimum Gasteiger partial charge on any atom is -0.372 e. The third-order valence-corrected chi connectivity index (χ3v) is 6.47. The lowest BCUT2D eigenvalue weighted by Gasteiger charge is -2.24. The summed E-state index contributed by atoms with van der Waals surface area (Å²) in [6.45, 7) is 10.1. The maximum absolute atomic E-state index is 12.0. The van der Waals surface area contributed by atoms with Gasteiger partial charge in [0.15, 0.2) is 11.6 Å². The summed E-state index contributed by atoms with van der Waals surface area (Å²) in [5.74, 6) is 0.0128. The van der Waals surface area contributed by atoms with Gasteiger partial charge >= 0.3 is 0 Å². The van der Waals surface area contributed by atoms with Gasteiger partial charge in [0.05, 0.1) is 17.1 Å². The van der Waals surface area contributed by atoms with Crippen LogP contribution >= 0.6 is 0 Å². The van der Waals surface area contributed by atoms with Crippen molar-refractivity contribution in [3.63, 3.8) is 0 Å². The van der Waals surface area contributed by atoms with E-state index in [9.17, 15) is 18.5 Å². The smallest absolute Gasteiger partial charge is 0.264 e. The number of carbonyl (C=O) groups is 1. The SMILES string of the molecule is CCN(CCCS(=O)(=O)O)c1ccc(N=Nc2c(C#N)c(C(C)(C)C)nn2-c2ccccn2)c(NC(C)=O)c1. The zero-order valence-electron chi connectivity index (χ0n) is 22.6. The van der Waals surface area contributed by atoms with Gasteiger partial charge in [-0.05, 0) is 43.7 Å². The average Bonchev–Trinajstić information content (AvgIpc) is 3.24. The van der Waals surface area contributed by atoms with Crippen LogP contribution in [0.1, 0.15) is 52.3 Å². The van der Waals surface area contributed by atoms with Crippen LogP contribution in [0.25, 0.3) is 5.82 Å². The molecular weight excluding hydrogens is 520 g/mol. The summed E-state index contributed by atoms with van der Waals surface area (Å²) >= 11 is 0. The number of anilines is 2. The molecule has 3 aromatic rings. The van der Waals surface area contributed by atoms with Crippen molar-refractivity contribution in [3.8, 4) is 11.9 Å². The second-order valence-electron chi connectivity index (χ2n) is 9.81. The van der Waals surface area contributed by atoms with Crippen molar-refractivity contribution in [1.29, 1.82) is 5.26 Å². The van der Waals surface area contributed by atoms with Gasteiger partial charge in [0.2, 0.25) is 5.91 Å². The predicted octanol–water partition coefficient (Wildman–Crippen LogP) is 4.91. The highest BCUT2D eigenvalue weighted by atomic mass is 32.2. The standard InChI is InChI=1S/C26H32N8O4S/c1-6-33(14-9-15-39(36,37)38)19-11-12-21(22(16-19)29-18(2)35)30-31-25-20(17-27)24(26(3,4)5)32-34(25)23-10-7-8-13-28-23/h7-8,10-13,16H,6,9,14-15H2,1-5H3,(H,29,35)(H,36,37,38). The third kappa shape index (κ3) is 7.68. The van der Waals surface area contributed by atoms with E-state index in [0.29, 0.717) is 36.0 Å². The molecule has 13 heteroatoms. The highest BCUT2D eigenvalue weighted by molar-refractivity contribution is 7.85. The first-order chi connectivity index (χ1) is 18.3. The fourth-order valence-corrected chi connectivity index (χ4v) is 4.37. The Labute approximate surface area is 228 Å². The Balaban J connectivity index is 2.06. The van der Waals surface area contributed by atoms with Gasteiger partial charge in [-0.3, -0.25) is 9.35 Å². The van der Waals surface area contributed by atoms with E-state index in [-0.39, 0.29) is 29.5 Å². The molecule has 3 rings (SSSR count). The lowest BCUT2D eigenvalue weighted by Crippen LogP contribution is -2.25. The van der Waals surface area contributed by atoms with E-state index in [1.165, 1.54) is 11.6 Å². The van der Waals surface area contributed by atoms with Gasteiger partial charge in [-0.2, -0.15) is 23.5 Å². The molecular formula is C26H32N8O4S. The van der Waals surface area contributed by atoms with Gasteiger partial charge in [-0.1, -0.05) is 26.8 Å². The highest BCUT2D eigenvalue weighted by Gasteiger charge is 2.28. The van der Waals surface area contributed by atoms with Gasteiger partial charge < -0.3 is 10.2 Å². The van der Waals surface area contributed by atoms with E-state index in [1.807, 2.05) is 32.6 Å². The molecule has 206 valence electrons. The number of hydrogen-bond donors (Lipinski definition) is 2. The van der Waals surface area contributed by atoms with E-state index < -0.39 is 15.5 Å². The van der Waals surface area contributed by atoms with Gasteiger partial charge in [-0.25, -0.2) is 4.98 Å². The number of amides is 1. The molecule has 0 saturated carbocycles. The molecule has 1 aromatic carbocycles. The van der Waals surface area contributed by atoms with Crippen molar-refractivity contribution in [3.05, 3.63) is 53.9 Å². The summed E-state index contributed by atoms with van der Waals surface area (Å²) < 4.78 is 32.7. The fraction of sp³-hybridized carbons (Fsp3) is 0.385. The Hall–Kier alpha value is -4.15. The predicted molar refractivity (Wildman–Crippen MR) is 149 cm³/mol. The molecule has 0 unspecified atom stereocenters. The van der Waals surface area contributed by atoms with Crippen LogP contribution in [-0.4, -0.2) is 52.5 Å². The Morgan fingerprint density at radius 2 is 1.97 bits per heavy atom. The summed E-state index contributed by atoms with van der Waals surface area (Å²) in [6, 6.07) is 12.7. The summed E-state index contributed by atoms with van der Waals surface area (Å²) in [6.07, 6.45) is 1.85. The zero-order chi connectivity index (χ0) is 28.8.